The molecule has 0 spiro atoms. The highest BCUT2D eigenvalue weighted by Crippen LogP contribution is 2.36. The van der Waals surface area contributed by atoms with Crippen molar-refractivity contribution in [2.45, 2.75) is 58.0 Å². The van der Waals surface area contributed by atoms with E-state index in [4.69, 9.17) is 5.41 Å². The molecule has 4 heteroatoms. The van der Waals surface area contributed by atoms with Crippen LogP contribution < -0.4 is 0 Å². The highest BCUT2D eigenvalue weighted by Gasteiger charge is 2.46. The molecule has 0 aliphatic carbocycles. The van der Waals surface area contributed by atoms with E-state index < -0.39 is 16.5 Å². The SMILES string of the molecule is Cc1ccc(C(=N)CCCN2[Si](C)(C)CC[Si]2(C)C)cc1. The molecule has 1 aromatic rings. The van der Waals surface area contributed by atoms with Crippen molar-refractivity contribution in [3.8, 4) is 0 Å². The van der Waals surface area contributed by atoms with Gasteiger partial charge in [-0.25, -0.2) is 0 Å². The van der Waals surface area contributed by atoms with Crippen LogP contribution in [-0.4, -0.2) is 33.0 Å². The van der Waals surface area contributed by atoms with E-state index in [2.05, 4.69) is 61.6 Å². The van der Waals surface area contributed by atoms with Gasteiger partial charge < -0.3 is 9.64 Å². The fourth-order valence-corrected chi connectivity index (χ4v) is 17.8. The maximum absolute atomic E-state index is 8.28. The van der Waals surface area contributed by atoms with Gasteiger partial charge in [0.25, 0.3) is 0 Å². The number of benzene rings is 1. The summed E-state index contributed by atoms with van der Waals surface area (Å²) in [6.07, 6.45) is 2.05. The van der Waals surface area contributed by atoms with Gasteiger partial charge in [0.2, 0.25) is 0 Å². The third kappa shape index (κ3) is 3.93. The minimum absolute atomic E-state index is 0.799. The lowest BCUT2D eigenvalue weighted by atomic mass is 10.0. The molecule has 1 heterocycles. The molecule has 0 saturated carbocycles. The second kappa shape index (κ2) is 6.19. The molecular weight excluding hydrogens is 288 g/mol. The minimum atomic E-state index is -1.14. The van der Waals surface area contributed by atoms with Crippen LogP contribution in [0.2, 0.25) is 38.3 Å². The quantitative estimate of drug-likeness (QED) is 0.608. The largest absolute Gasteiger partial charge is 0.345 e. The van der Waals surface area contributed by atoms with Crippen molar-refractivity contribution in [1.29, 1.82) is 5.41 Å². The Morgan fingerprint density at radius 2 is 1.57 bits per heavy atom. The number of rotatable bonds is 5. The predicted molar refractivity (Wildman–Crippen MR) is 98.5 cm³/mol. The summed E-state index contributed by atoms with van der Waals surface area (Å²) < 4.78 is 2.92. The smallest absolute Gasteiger partial charge is 0.115 e. The molecule has 2 nitrogen and oxygen atoms in total. The van der Waals surface area contributed by atoms with Crippen LogP contribution in [0, 0.1) is 12.3 Å². The Labute approximate surface area is 132 Å². The lowest BCUT2D eigenvalue weighted by Crippen LogP contribution is -2.55. The van der Waals surface area contributed by atoms with Crippen LogP contribution in [-0.2, 0) is 0 Å². The number of nitrogens with zero attached hydrogens (tertiary/aromatic N) is 1. The lowest BCUT2D eigenvalue weighted by Gasteiger charge is -2.39. The van der Waals surface area contributed by atoms with E-state index in [-0.39, 0.29) is 0 Å². The summed E-state index contributed by atoms with van der Waals surface area (Å²) >= 11 is 0. The third-order valence-electron chi connectivity index (χ3n) is 5.02. The van der Waals surface area contributed by atoms with Crippen LogP contribution in [0.4, 0.5) is 0 Å². The minimum Gasteiger partial charge on any atom is -0.345 e. The Balaban J connectivity index is 1.89. The Hall–Kier alpha value is -0.716. The maximum atomic E-state index is 8.28. The lowest BCUT2D eigenvalue weighted by molar-refractivity contribution is 0.599. The van der Waals surface area contributed by atoms with Gasteiger partial charge >= 0.3 is 0 Å². The zero-order chi connectivity index (χ0) is 15.7. The Bertz CT molecular complexity index is 490. The predicted octanol–water partition coefficient (Wildman–Crippen LogP) is 4.87. The Morgan fingerprint density at radius 3 is 2.10 bits per heavy atom. The molecular formula is C17H30N2Si2. The first-order valence-corrected chi connectivity index (χ1v) is 14.5. The van der Waals surface area contributed by atoms with Crippen LogP contribution in [0.15, 0.2) is 24.3 Å². The van der Waals surface area contributed by atoms with Crippen LogP contribution in [0.5, 0.6) is 0 Å². The van der Waals surface area contributed by atoms with Gasteiger partial charge in [0.15, 0.2) is 0 Å². The van der Waals surface area contributed by atoms with Gasteiger partial charge in [0, 0.05) is 5.71 Å². The van der Waals surface area contributed by atoms with Gasteiger partial charge in [0.05, 0.1) is 0 Å². The first-order valence-electron chi connectivity index (χ1n) is 8.15. The van der Waals surface area contributed by atoms with Gasteiger partial charge in [-0.15, -0.1) is 0 Å². The van der Waals surface area contributed by atoms with Crippen molar-refractivity contribution in [3.63, 3.8) is 0 Å². The molecule has 0 amide bonds. The van der Waals surface area contributed by atoms with Crippen molar-refractivity contribution < 1.29 is 0 Å². The molecule has 1 aliphatic rings. The molecule has 1 saturated heterocycles. The molecule has 1 fully saturated rings. The fourth-order valence-electron chi connectivity index (χ4n) is 3.62. The van der Waals surface area contributed by atoms with Crippen molar-refractivity contribution in [2.24, 2.45) is 0 Å². The van der Waals surface area contributed by atoms with Gasteiger partial charge in [-0.1, -0.05) is 56.0 Å². The van der Waals surface area contributed by atoms with Crippen molar-refractivity contribution in [3.05, 3.63) is 35.4 Å². The van der Waals surface area contributed by atoms with Gasteiger partial charge in [0.1, 0.15) is 16.5 Å². The second-order valence-electron chi connectivity index (χ2n) is 7.72. The number of nitrogens with one attached hydrogen (secondary N) is 1. The summed E-state index contributed by atoms with van der Waals surface area (Å²) in [5, 5.41) is 8.28. The molecule has 1 N–H and O–H groups in total. The number of hydrogen-bond acceptors (Lipinski definition) is 2. The fraction of sp³-hybridized carbons (Fsp3) is 0.588. The molecule has 1 aliphatic heterocycles. The monoisotopic (exact) mass is 318 g/mol. The Kier molecular flexibility index (Phi) is 4.90. The van der Waals surface area contributed by atoms with E-state index in [1.54, 1.807) is 0 Å². The molecule has 0 aromatic heterocycles. The van der Waals surface area contributed by atoms with E-state index in [1.165, 1.54) is 24.2 Å². The zero-order valence-electron chi connectivity index (χ0n) is 14.3. The highest BCUT2D eigenvalue weighted by molar-refractivity contribution is 6.95. The first-order chi connectivity index (χ1) is 9.72. The summed E-state index contributed by atoms with van der Waals surface area (Å²) in [5.41, 5.74) is 3.16. The summed E-state index contributed by atoms with van der Waals surface area (Å²) in [6.45, 7) is 13.4. The third-order valence-corrected chi connectivity index (χ3v) is 15.5. The zero-order valence-corrected chi connectivity index (χ0v) is 16.3. The molecule has 2 rings (SSSR count). The molecule has 116 valence electrons. The van der Waals surface area contributed by atoms with Gasteiger partial charge in [-0.3, -0.25) is 0 Å². The molecule has 0 atom stereocenters. The summed E-state index contributed by atoms with van der Waals surface area (Å²) in [5.74, 6) is 0. The van der Waals surface area contributed by atoms with Crippen molar-refractivity contribution in [2.75, 3.05) is 6.54 Å². The van der Waals surface area contributed by atoms with Crippen molar-refractivity contribution in [1.82, 2.24) is 4.23 Å². The summed E-state index contributed by atoms with van der Waals surface area (Å²) in [4.78, 5) is 0. The standard InChI is InChI=1S/C17H30N2Si2/c1-15-8-10-16(11-9-15)17(18)7-6-12-19-20(2,3)13-14-21(19,4)5/h8-11,18H,6-7,12-14H2,1-5H3. The topological polar surface area (TPSA) is 27.1 Å². The molecule has 21 heavy (non-hydrogen) atoms. The average molecular weight is 319 g/mol. The second-order valence-corrected chi connectivity index (χ2v) is 17.5. The van der Waals surface area contributed by atoms with Crippen LogP contribution in [0.1, 0.15) is 24.0 Å². The normalized spacial score (nSPS) is 20.6. The first kappa shape index (κ1) is 16.7. The van der Waals surface area contributed by atoms with Crippen LogP contribution in [0.25, 0.3) is 0 Å². The number of hydrogen-bond donors (Lipinski definition) is 1. The van der Waals surface area contributed by atoms with Gasteiger partial charge in [-0.2, -0.15) is 0 Å². The van der Waals surface area contributed by atoms with E-state index in [0.29, 0.717) is 0 Å². The van der Waals surface area contributed by atoms with Gasteiger partial charge in [-0.05, 0) is 44.0 Å². The molecule has 0 bridgehead atoms. The van der Waals surface area contributed by atoms with Crippen molar-refractivity contribution >= 4 is 22.2 Å². The molecule has 0 radical (unpaired) electrons. The van der Waals surface area contributed by atoms with E-state index in [0.717, 1.165) is 24.1 Å². The van der Waals surface area contributed by atoms with E-state index in [1.807, 2.05) is 0 Å². The average Bonchev–Trinajstić information content (AvgIpc) is 2.61. The van der Waals surface area contributed by atoms with E-state index >= 15 is 0 Å². The van der Waals surface area contributed by atoms with Crippen LogP contribution in [0.3, 0.4) is 0 Å². The van der Waals surface area contributed by atoms with Crippen LogP contribution >= 0.6 is 0 Å². The molecule has 0 unspecified atom stereocenters. The van der Waals surface area contributed by atoms with E-state index in [9.17, 15) is 0 Å². The molecule has 1 aromatic carbocycles. The number of aryl methyl sites for hydroxylation is 1. The summed E-state index contributed by atoms with van der Waals surface area (Å²) in [6, 6.07) is 11.3. The highest BCUT2D eigenvalue weighted by atomic mass is 28.4. The maximum Gasteiger partial charge on any atom is 0.115 e. The Morgan fingerprint density at radius 1 is 1.05 bits per heavy atom. The summed E-state index contributed by atoms with van der Waals surface area (Å²) in [7, 11) is -2.28.